The predicted octanol–water partition coefficient (Wildman–Crippen LogP) is 3.32. The van der Waals surface area contributed by atoms with Crippen molar-refractivity contribution in [3.05, 3.63) is 52.5 Å². The lowest BCUT2D eigenvalue weighted by Gasteiger charge is -2.11. The molecule has 0 saturated heterocycles. The van der Waals surface area contributed by atoms with Gasteiger partial charge in [-0.25, -0.2) is 0 Å². The van der Waals surface area contributed by atoms with E-state index < -0.39 is 11.9 Å². The van der Waals surface area contributed by atoms with Gasteiger partial charge >= 0.3 is 5.97 Å². The van der Waals surface area contributed by atoms with E-state index in [1.165, 1.54) is 19.2 Å². The maximum atomic E-state index is 12.3. The summed E-state index contributed by atoms with van der Waals surface area (Å²) in [4.78, 5) is 22.9. The highest BCUT2D eigenvalue weighted by Crippen LogP contribution is 2.27. The normalized spacial score (nSPS) is 10.2. The number of amides is 1. The molecule has 3 N–H and O–H groups in total. The number of carboxylic acids is 1. The van der Waals surface area contributed by atoms with Crippen molar-refractivity contribution in [2.24, 2.45) is 0 Å². The summed E-state index contributed by atoms with van der Waals surface area (Å²) in [5.74, 6) is -1.23. The summed E-state index contributed by atoms with van der Waals surface area (Å²) in [6.45, 7) is 0. The molecule has 0 unspecified atom stereocenters. The van der Waals surface area contributed by atoms with Crippen LogP contribution in [-0.2, 0) is 11.2 Å². The van der Waals surface area contributed by atoms with Crippen molar-refractivity contribution >= 4 is 29.2 Å². The van der Waals surface area contributed by atoms with E-state index in [-0.39, 0.29) is 17.7 Å². The first kappa shape index (κ1) is 17.6. The topological polar surface area (TPSA) is 95.9 Å². The highest BCUT2D eigenvalue weighted by atomic mass is 35.5. The van der Waals surface area contributed by atoms with Crippen molar-refractivity contribution in [1.82, 2.24) is 0 Å². The first-order valence-corrected chi connectivity index (χ1v) is 7.47. The number of carbonyl (C=O) groups excluding carboxylic acids is 1. The van der Waals surface area contributed by atoms with Crippen molar-refractivity contribution in [2.45, 2.75) is 12.8 Å². The molecule has 2 rings (SSSR count). The van der Waals surface area contributed by atoms with Crippen LogP contribution in [0.3, 0.4) is 0 Å². The Morgan fingerprint density at radius 2 is 1.96 bits per heavy atom. The molecule has 0 saturated carbocycles. The van der Waals surface area contributed by atoms with E-state index in [0.29, 0.717) is 22.9 Å². The van der Waals surface area contributed by atoms with Gasteiger partial charge in [0.25, 0.3) is 5.91 Å². The van der Waals surface area contributed by atoms with E-state index in [1.807, 2.05) is 0 Å². The monoisotopic (exact) mass is 349 g/mol. The van der Waals surface area contributed by atoms with Crippen molar-refractivity contribution < 1.29 is 24.5 Å². The lowest BCUT2D eigenvalue weighted by atomic mass is 10.1. The third-order valence-corrected chi connectivity index (χ3v) is 3.69. The SMILES string of the molecule is COc1ccc(C(=O)Nc2cc(CCC(=O)O)ccc2Cl)c(O)c1. The third-order valence-electron chi connectivity index (χ3n) is 3.36. The van der Waals surface area contributed by atoms with Crippen LogP contribution in [0.2, 0.25) is 5.02 Å². The van der Waals surface area contributed by atoms with Gasteiger partial charge in [0, 0.05) is 12.5 Å². The van der Waals surface area contributed by atoms with Crippen LogP contribution in [0.4, 0.5) is 5.69 Å². The quantitative estimate of drug-likeness (QED) is 0.743. The molecule has 0 aliphatic carbocycles. The van der Waals surface area contributed by atoms with Gasteiger partial charge in [-0.3, -0.25) is 9.59 Å². The molecule has 0 heterocycles. The number of carboxylic acid groups (broad SMARTS) is 1. The van der Waals surface area contributed by atoms with Crippen LogP contribution in [-0.4, -0.2) is 29.2 Å². The Morgan fingerprint density at radius 3 is 2.58 bits per heavy atom. The highest BCUT2D eigenvalue weighted by Gasteiger charge is 2.14. The summed E-state index contributed by atoms with van der Waals surface area (Å²) < 4.78 is 4.97. The van der Waals surface area contributed by atoms with Crippen LogP contribution in [0.1, 0.15) is 22.3 Å². The molecule has 2 aromatic rings. The first-order valence-electron chi connectivity index (χ1n) is 7.09. The Kier molecular flexibility index (Phi) is 5.65. The Labute approximate surface area is 143 Å². The lowest BCUT2D eigenvalue weighted by molar-refractivity contribution is -0.136. The van der Waals surface area contributed by atoms with Crippen molar-refractivity contribution in [3.8, 4) is 11.5 Å². The number of aliphatic carboxylic acids is 1. The van der Waals surface area contributed by atoms with Gasteiger partial charge in [0.05, 0.1) is 23.4 Å². The minimum absolute atomic E-state index is 0.0196. The number of methoxy groups -OCH3 is 1. The molecule has 7 heteroatoms. The molecule has 126 valence electrons. The van der Waals surface area contributed by atoms with Crippen LogP contribution in [0.5, 0.6) is 11.5 Å². The minimum Gasteiger partial charge on any atom is -0.507 e. The predicted molar refractivity (Wildman–Crippen MR) is 90.0 cm³/mol. The second-order valence-electron chi connectivity index (χ2n) is 5.05. The second kappa shape index (κ2) is 7.70. The number of hydrogen-bond donors (Lipinski definition) is 3. The number of halogens is 1. The number of ether oxygens (including phenoxy) is 1. The Hall–Kier alpha value is -2.73. The minimum atomic E-state index is -0.904. The maximum Gasteiger partial charge on any atom is 0.303 e. The molecular formula is C17H16ClNO5. The van der Waals surface area contributed by atoms with Gasteiger partial charge in [-0.2, -0.15) is 0 Å². The summed E-state index contributed by atoms with van der Waals surface area (Å²) in [5.41, 5.74) is 1.15. The standard InChI is InChI=1S/C17H16ClNO5/c1-24-11-4-5-12(15(20)9-11)17(23)19-14-8-10(2-6-13(14)18)3-7-16(21)22/h2,4-6,8-9,20H,3,7H2,1H3,(H,19,23)(H,21,22). The zero-order valence-corrected chi connectivity index (χ0v) is 13.6. The van der Waals surface area contributed by atoms with Gasteiger partial charge in [0.15, 0.2) is 0 Å². The molecule has 6 nitrogen and oxygen atoms in total. The van der Waals surface area contributed by atoms with Crippen molar-refractivity contribution in [1.29, 1.82) is 0 Å². The number of phenols is 1. The van der Waals surface area contributed by atoms with Crippen LogP contribution in [0.25, 0.3) is 0 Å². The number of anilines is 1. The molecule has 0 aliphatic rings. The van der Waals surface area contributed by atoms with Crippen LogP contribution < -0.4 is 10.1 Å². The van der Waals surface area contributed by atoms with Crippen molar-refractivity contribution in [2.75, 3.05) is 12.4 Å². The zero-order valence-electron chi connectivity index (χ0n) is 12.9. The number of phenolic OH excluding ortho intramolecular Hbond substituents is 1. The van der Waals surface area contributed by atoms with E-state index in [1.54, 1.807) is 24.3 Å². The number of aromatic hydroxyl groups is 1. The third kappa shape index (κ3) is 4.39. The van der Waals surface area contributed by atoms with Gasteiger partial charge < -0.3 is 20.3 Å². The Bertz CT molecular complexity index is 776. The molecule has 2 aromatic carbocycles. The zero-order chi connectivity index (χ0) is 17.7. The molecule has 0 fully saturated rings. The van der Waals surface area contributed by atoms with Crippen LogP contribution >= 0.6 is 11.6 Å². The molecule has 0 aromatic heterocycles. The summed E-state index contributed by atoms with van der Waals surface area (Å²) in [7, 11) is 1.46. The number of aryl methyl sites for hydroxylation is 1. The fourth-order valence-electron chi connectivity index (χ4n) is 2.10. The summed E-state index contributed by atoms with van der Waals surface area (Å²) in [6, 6.07) is 9.22. The van der Waals surface area contributed by atoms with E-state index in [9.17, 15) is 14.7 Å². The smallest absolute Gasteiger partial charge is 0.303 e. The van der Waals surface area contributed by atoms with E-state index in [0.717, 1.165) is 5.56 Å². The Morgan fingerprint density at radius 1 is 1.21 bits per heavy atom. The number of rotatable bonds is 6. The molecule has 0 radical (unpaired) electrons. The lowest BCUT2D eigenvalue weighted by Crippen LogP contribution is -2.13. The summed E-state index contributed by atoms with van der Waals surface area (Å²) in [6.07, 6.45) is 0.303. The second-order valence-corrected chi connectivity index (χ2v) is 5.45. The molecule has 0 aliphatic heterocycles. The maximum absolute atomic E-state index is 12.3. The Balaban J connectivity index is 2.19. The van der Waals surface area contributed by atoms with Gasteiger partial charge in [-0.1, -0.05) is 17.7 Å². The number of benzene rings is 2. The van der Waals surface area contributed by atoms with Crippen LogP contribution in [0.15, 0.2) is 36.4 Å². The van der Waals surface area contributed by atoms with E-state index in [2.05, 4.69) is 5.32 Å². The van der Waals surface area contributed by atoms with Gasteiger partial charge in [-0.05, 0) is 36.2 Å². The average Bonchev–Trinajstić information content (AvgIpc) is 2.55. The fourth-order valence-corrected chi connectivity index (χ4v) is 2.26. The average molecular weight is 350 g/mol. The fraction of sp³-hybridized carbons (Fsp3) is 0.176. The molecule has 1 amide bonds. The number of carbonyl (C=O) groups is 2. The number of nitrogens with one attached hydrogen (secondary N) is 1. The molecule has 0 atom stereocenters. The van der Waals surface area contributed by atoms with E-state index >= 15 is 0 Å². The summed E-state index contributed by atoms with van der Waals surface area (Å²) in [5, 5.41) is 21.6. The number of hydrogen-bond acceptors (Lipinski definition) is 4. The molecule has 0 spiro atoms. The first-order chi connectivity index (χ1) is 11.4. The van der Waals surface area contributed by atoms with Gasteiger partial charge in [-0.15, -0.1) is 0 Å². The van der Waals surface area contributed by atoms with Crippen LogP contribution in [0, 0.1) is 0 Å². The highest BCUT2D eigenvalue weighted by molar-refractivity contribution is 6.34. The van der Waals surface area contributed by atoms with Crippen molar-refractivity contribution in [3.63, 3.8) is 0 Å². The van der Waals surface area contributed by atoms with Gasteiger partial charge in [0.1, 0.15) is 11.5 Å². The molecular weight excluding hydrogens is 334 g/mol. The molecule has 24 heavy (non-hydrogen) atoms. The summed E-state index contributed by atoms with van der Waals surface area (Å²) >= 11 is 6.06. The van der Waals surface area contributed by atoms with Gasteiger partial charge in [0.2, 0.25) is 0 Å². The molecule has 0 bridgehead atoms. The largest absolute Gasteiger partial charge is 0.507 e. The van der Waals surface area contributed by atoms with E-state index in [4.69, 9.17) is 21.4 Å².